The number of nitrogens with zero attached hydrogens (tertiary/aromatic N) is 2. The predicted molar refractivity (Wildman–Crippen MR) is 43.0 cm³/mol. The maximum absolute atomic E-state index is 8.44. The number of hydrogen-bond donors (Lipinski definition) is 1. The molecule has 0 aromatic carbocycles. The quantitative estimate of drug-likeness (QED) is 0.375. The van der Waals surface area contributed by atoms with Crippen molar-refractivity contribution in [3.8, 4) is 0 Å². The van der Waals surface area contributed by atoms with Gasteiger partial charge in [-0.1, -0.05) is 5.16 Å². The van der Waals surface area contributed by atoms with Crippen molar-refractivity contribution in [2.75, 3.05) is 0 Å². The Morgan fingerprint density at radius 1 is 1.55 bits per heavy atom. The third-order valence-electron chi connectivity index (χ3n) is 1.44. The van der Waals surface area contributed by atoms with E-state index in [9.17, 15) is 0 Å². The van der Waals surface area contributed by atoms with Gasteiger partial charge in [-0.15, -0.1) is 0 Å². The van der Waals surface area contributed by atoms with Crippen LogP contribution >= 0.6 is 0 Å². The fourth-order valence-corrected chi connectivity index (χ4v) is 0.811. The molecule has 0 saturated heterocycles. The van der Waals surface area contributed by atoms with Crippen molar-refractivity contribution in [2.24, 2.45) is 5.16 Å². The second kappa shape index (κ2) is 3.14. The fraction of sp³-hybridized carbons (Fsp3) is 0.250. The number of oxime groups is 1. The van der Waals surface area contributed by atoms with Crippen LogP contribution < -0.4 is 0 Å². The molecule has 0 aliphatic carbocycles. The van der Waals surface area contributed by atoms with E-state index in [1.165, 1.54) is 0 Å². The van der Waals surface area contributed by atoms with Crippen molar-refractivity contribution in [2.45, 2.75) is 13.8 Å². The minimum Gasteiger partial charge on any atom is -0.411 e. The lowest BCUT2D eigenvalue weighted by Gasteiger charge is -1.97. The molecule has 0 amide bonds. The zero-order valence-corrected chi connectivity index (χ0v) is 6.57. The first kappa shape index (κ1) is 7.72. The zero-order chi connectivity index (χ0) is 8.27. The molecule has 1 rings (SSSR count). The van der Waals surface area contributed by atoms with E-state index in [-0.39, 0.29) is 0 Å². The van der Waals surface area contributed by atoms with Crippen LogP contribution in [-0.2, 0) is 0 Å². The molecule has 0 fully saturated rings. The van der Waals surface area contributed by atoms with Gasteiger partial charge in [-0.2, -0.15) is 0 Å². The highest BCUT2D eigenvalue weighted by Gasteiger charge is 1.96. The summed E-state index contributed by atoms with van der Waals surface area (Å²) in [6.45, 7) is 3.68. The van der Waals surface area contributed by atoms with Gasteiger partial charge < -0.3 is 5.21 Å². The van der Waals surface area contributed by atoms with Crippen LogP contribution in [0.15, 0.2) is 23.6 Å². The topological polar surface area (TPSA) is 45.5 Å². The molecule has 1 aromatic rings. The Balaban J connectivity index is 3.06. The zero-order valence-electron chi connectivity index (χ0n) is 6.57. The Morgan fingerprint density at radius 3 is 2.82 bits per heavy atom. The number of aromatic nitrogens is 1. The molecule has 0 aliphatic heterocycles. The van der Waals surface area contributed by atoms with Crippen LogP contribution in [0.3, 0.4) is 0 Å². The Morgan fingerprint density at radius 2 is 2.27 bits per heavy atom. The van der Waals surface area contributed by atoms with Crippen molar-refractivity contribution in [3.05, 3.63) is 29.6 Å². The Kier molecular flexibility index (Phi) is 2.21. The second-order valence-corrected chi connectivity index (χ2v) is 2.44. The minimum absolute atomic E-state index is 0.584. The van der Waals surface area contributed by atoms with E-state index in [2.05, 4.69) is 10.1 Å². The van der Waals surface area contributed by atoms with Gasteiger partial charge in [0.05, 0.1) is 5.71 Å². The summed E-state index contributed by atoms with van der Waals surface area (Å²) in [5, 5.41) is 11.5. The van der Waals surface area contributed by atoms with E-state index in [1.54, 1.807) is 19.3 Å². The molecule has 11 heavy (non-hydrogen) atoms. The predicted octanol–water partition coefficient (Wildman–Crippen LogP) is 1.59. The van der Waals surface area contributed by atoms with Gasteiger partial charge in [0.15, 0.2) is 0 Å². The van der Waals surface area contributed by atoms with Crippen LogP contribution in [0.1, 0.15) is 18.1 Å². The van der Waals surface area contributed by atoms with Gasteiger partial charge in [0.25, 0.3) is 0 Å². The molecule has 0 unspecified atom stereocenters. The third-order valence-corrected chi connectivity index (χ3v) is 1.44. The average molecular weight is 150 g/mol. The first-order chi connectivity index (χ1) is 5.24. The molecule has 1 N–H and O–H groups in total. The monoisotopic (exact) mass is 150 g/mol. The number of rotatable bonds is 1. The molecule has 0 spiro atoms. The van der Waals surface area contributed by atoms with Crippen LogP contribution in [0.5, 0.6) is 0 Å². The largest absolute Gasteiger partial charge is 0.411 e. The molecule has 1 aromatic heterocycles. The summed E-state index contributed by atoms with van der Waals surface area (Å²) in [6, 6.07) is 1.92. The minimum atomic E-state index is 0.584. The summed E-state index contributed by atoms with van der Waals surface area (Å²) in [6.07, 6.45) is 3.43. The normalized spacial score (nSPS) is 11.6. The number of hydrogen-bond acceptors (Lipinski definition) is 3. The highest BCUT2D eigenvalue weighted by molar-refractivity contribution is 5.98. The molecular weight excluding hydrogens is 140 g/mol. The van der Waals surface area contributed by atoms with Crippen molar-refractivity contribution < 1.29 is 5.21 Å². The highest BCUT2D eigenvalue weighted by Crippen LogP contribution is 2.01. The molecule has 1 heterocycles. The SMILES string of the molecule is C/C(=N\O)c1cncc(C)c1. The Bertz CT molecular complexity index is 281. The summed E-state index contributed by atoms with van der Waals surface area (Å²) in [4.78, 5) is 3.96. The maximum atomic E-state index is 8.44. The van der Waals surface area contributed by atoms with Crippen molar-refractivity contribution in [1.82, 2.24) is 4.98 Å². The van der Waals surface area contributed by atoms with Gasteiger partial charge in [0, 0.05) is 18.0 Å². The fourth-order valence-electron chi connectivity index (χ4n) is 0.811. The lowest BCUT2D eigenvalue weighted by atomic mass is 10.1. The first-order valence-corrected chi connectivity index (χ1v) is 3.34. The van der Waals surface area contributed by atoms with Gasteiger partial charge in [-0.05, 0) is 25.5 Å². The van der Waals surface area contributed by atoms with E-state index in [1.807, 2.05) is 13.0 Å². The molecule has 0 atom stereocenters. The summed E-state index contributed by atoms with van der Waals surface area (Å²) in [7, 11) is 0. The standard InChI is InChI=1S/C8H10N2O/c1-6-3-8(5-9-4-6)7(2)10-11/h3-5,11H,1-2H3/b10-7+. The van der Waals surface area contributed by atoms with E-state index in [4.69, 9.17) is 5.21 Å². The van der Waals surface area contributed by atoms with E-state index in [0.717, 1.165) is 11.1 Å². The molecule has 0 radical (unpaired) electrons. The molecule has 58 valence electrons. The van der Waals surface area contributed by atoms with Crippen LogP contribution in [0.2, 0.25) is 0 Å². The summed E-state index contributed by atoms with van der Waals surface area (Å²) in [5.41, 5.74) is 2.50. The number of pyridine rings is 1. The lowest BCUT2D eigenvalue weighted by Crippen LogP contribution is -1.95. The van der Waals surface area contributed by atoms with Crippen LogP contribution in [0.25, 0.3) is 0 Å². The van der Waals surface area contributed by atoms with E-state index < -0.39 is 0 Å². The van der Waals surface area contributed by atoms with Crippen LogP contribution in [0, 0.1) is 6.92 Å². The van der Waals surface area contributed by atoms with Crippen LogP contribution in [-0.4, -0.2) is 15.9 Å². The van der Waals surface area contributed by atoms with Gasteiger partial charge in [-0.25, -0.2) is 0 Å². The van der Waals surface area contributed by atoms with Gasteiger partial charge in [0.1, 0.15) is 0 Å². The van der Waals surface area contributed by atoms with Crippen molar-refractivity contribution >= 4 is 5.71 Å². The van der Waals surface area contributed by atoms with Crippen molar-refractivity contribution in [1.29, 1.82) is 0 Å². The maximum Gasteiger partial charge on any atom is 0.0852 e. The van der Waals surface area contributed by atoms with Gasteiger partial charge in [0.2, 0.25) is 0 Å². The lowest BCUT2D eigenvalue weighted by molar-refractivity contribution is 0.319. The van der Waals surface area contributed by atoms with Crippen LogP contribution in [0.4, 0.5) is 0 Å². The van der Waals surface area contributed by atoms with Gasteiger partial charge in [-0.3, -0.25) is 4.98 Å². The summed E-state index contributed by atoms with van der Waals surface area (Å²) in [5.74, 6) is 0. The average Bonchev–Trinajstić information content (AvgIpc) is 2.03. The Hall–Kier alpha value is -1.38. The summed E-state index contributed by atoms with van der Waals surface area (Å²) < 4.78 is 0. The highest BCUT2D eigenvalue weighted by atomic mass is 16.4. The van der Waals surface area contributed by atoms with E-state index in [0.29, 0.717) is 5.71 Å². The Labute approximate surface area is 65.4 Å². The molecule has 0 aliphatic rings. The smallest absolute Gasteiger partial charge is 0.0852 e. The van der Waals surface area contributed by atoms with Gasteiger partial charge >= 0.3 is 0 Å². The third kappa shape index (κ3) is 1.77. The first-order valence-electron chi connectivity index (χ1n) is 3.34. The molecule has 3 nitrogen and oxygen atoms in total. The number of aryl methyl sites for hydroxylation is 1. The summed E-state index contributed by atoms with van der Waals surface area (Å²) >= 11 is 0. The molecule has 0 saturated carbocycles. The molecular formula is C8H10N2O. The van der Waals surface area contributed by atoms with Crippen molar-refractivity contribution in [3.63, 3.8) is 0 Å². The second-order valence-electron chi connectivity index (χ2n) is 2.44. The van der Waals surface area contributed by atoms with E-state index >= 15 is 0 Å². The molecule has 0 bridgehead atoms. The molecule has 3 heteroatoms.